The van der Waals surface area contributed by atoms with E-state index < -0.39 is 0 Å². The largest absolute Gasteiger partial charge is 0.349 e. The lowest BCUT2D eigenvalue weighted by molar-refractivity contribution is -0.135. The number of nitrogens with zero attached hydrogens (tertiary/aromatic N) is 2. The van der Waals surface area contributed by atoms with Crippen molar-refractivity contribution in [2.45, 2.75) is 38.0 Å². The number of nitrogens with one attached hydrogen (secondary N) is 1. The summed E-state index contributed by atoms with van der Waals surface area (Å²) >= 11 is 0. The van der Waals surface area contributed by atoms with Crippen LogP contribution in [0.1, 0.15) is 37.6 Å². The molecule has 1 N–H and O–H groups in total. The predicted molar refractivity (Wildman–Crippen MR) is 86.5 cm³/mol. The molecule has 3 rings (SSSR count). The number of piperidine rings is 1. The van der Waals surface area contributed by atoms with Crippen molar-refractivity contribution in [3.8, 4) is 0 Å². The Hall–Kier alpha value is -2.10. The van der Waals surface area contributed by atoms with Crippen molar-refractivity contribution in [1.29, 1.82) is 0 Å². The molecule has 1 aliphatic rings. The fraction of sp³-hybridized carbons (Fsp3) is 0.444. The van der Waals surface area contributed by atoms with Gasteiger partial charge in [-0.25, -0.2) is 4.98 Å². The van der Waals surface area contributed by atoms with Crippen LogP contribution in [-0.4, -0.2) is 33.9 Å². The Kier molecular flexibility index (Phi) is 4.27. The number of rotatable bonds is 5. The van der Waals surface area contributed by atoms with E-state index in [4.69, 9.17) is 0 Å². The van der Waals surface area contributed by atoms with Crippen LogP contribution in [0.2, 0.25) is 0 Å². The Balaban J connectivity index is 1.62. The molecule has 0 saturated carbocycles. The number of aryl methyl sites for hydroxylation is 1. The first-order valence-corrected chi connectivity index (χ1v) is 7.99. The molecule has 2 heterocycles. The molecule has 0 bridgehead atoms. The normalized spacial score (nSPS) is 22.0. The van der Waals surface area contributed by atoms with Crippen LogP contribution in [0.5, 0.6) is 0 Å². The second-order valence-corrected chi connectivity index (χ2v) is 6.38. The quantitative estimate of drug-likeness (QED) is 0.922. The van der Waals surface area contributed by atoms with Gasteiger partial charge in [-0.05, 0) is 18.4 Å². The maximum Gasteiger partial charge on any atom is 0.222 e. The number of likely N-dealkylation sites (tertiary alicyclic amines) is 1. The van der Waals surface area contributed by atoms with Crippen LogP contribution in [0.15, 0.2) is 42.7 Å². The van der Waals surface area contributed by atoms with Crippen LogP contribution in [0.25, 0.3) is 0 Å². The van der Waals surface area contributed by atoms with Crippen molar-refractivity contribution in [1.82, 2.24) is 14.9 Å². The minimum Gasteiger partial charge on any atom is -0.349 e. The molecule has 0 aliphatic carbocycles. The lowest BCUT2D eigenvalue weighted by Crippen LogP contribution is -2.47. The number of benzene rings is 1. The molecule has 1 aliphatic heterocycles. The first-order chi connectivity index (χ1) is 10.7. The molecule has 1 amide bonds. The van der Waals surface area contributed by atoms with E-state index in [0.717, 1.165) is 38.2 Å². The monoisotopic (exact) mass is 297 g/mol. The molecule has 1 aromatic heterocycles. The maximum atomic E-state index is 12.2. The third-order valence-electron chi connectivity index (χ3n) is 4.65. The van der Waals surface area contributed by atoms with Crippen LogP contribution in [0.4, 0.5) is 0 Å². The zero-order valence-electron chi connectivity index (χ0n) is 13.1. The topological polar surface area (TPSA) is 49.0 Å². The lowest BCUT2D eigenvalue weighted by Gasteiger charge is -2.40. The van der Waals surface area contributed by atoms with Crippen molar-refractivity contribution >= 4 is 5.91 Å². The van der Waals surface area contributed by atoms with Crippen LogP contribution < -0.4 is 0 Å². The minimum absolute atomic E-state index is 0.0693. The summed E-state index contributed by atoms with van der Waals surface area (Å²) in [5.74, 6) is 1.28. The number of imidazole rings is 1. The molecule has 1 fully saturated rings. The predicted octanol–water partition coefficient (Wildman–Crippen LogP) is 2.92. The summed E-state index contributed by atoms with van der Waals surface area (Å²) < 4.78 is 0. The van der Waals surface area contributed by atoms with Crippen LogP contribution in [0, 0.1) is 0 Å². The van der Waals surface area contributed by atoms with E-state index in [1.807, 2.05) is 17.2 Å². The Morgan fingerprint density at radius 3 is 2.86 bits per heavy atom. The molecule has 0 spiro atoms. The molecule has 116 valence electrons. The summed E-state index contributed by atoms with van der Waals surface area (Å²) in [6, 6.07) is 10.6. The highest BCUT2D eigenvalue weighted by Gasteiger charge is 2.35. The van der Waals surface area contributed by atoms with Crippen molar-refractivity contribution in [3.63, 3.8) is 0 Å². The highest BCUT2D eigenvalue weighted by Crippen LogP contribution is 2.34. The average Bonchev–Trinajstić information content (AvgIpc) is 3.05. The average molecular weight is 297 g/mol. The van der Waals surface area contributed by atoms with Gasteiger partial charge in [-0.3, -0.25) is 4.79 Å². The van der Waals surface area contributed by atoms with Gasteiger partial charge in [-0.1, -0.05) is 37.3 Å². The number of aromatic amines is 1. The Labute approximate surface area is 131 Å². The van der Waals surface area contributed by atoms with Gasteiger partial charge < -0.3 is 9.88 Å². The lowest BCUT2D eigenvalue weighted by atomic mass is 9.75. The Bertz CT molecular complexity index is 609. The third kappa shape index (κ3) is 3.21. The summed E-state index contributed by atoms with van der Waals surface area (Å²) in [5.41, 5.74) is 1.40. The first kappa shape index (κ1) is 14.8. The number of carbonyl (C=O) groups excluding carboxylic acids is 1. The summed E-state index contributed by atoms with van der Waals surface area (Å²) in [5, 5.41) is 0. The second kappa shape index (κ2) is 6.34. The molecular formula is C18H23N3O. The summed E-state index contributed by atoms with van der Waals surface area (Å²) in [7, 11) is 0. The van der Waals surface area contributed by atoms with E-state index >= 15 is 0 Å². The van der Waals surface area contributed by atoms with Crippen LogP contribution in [0.3, 0.4) is 0 Å². The van der Waals surface area contributed by atoms with Gasteiger partial charge in [0, 0.05) is 43.7 Å². The smallest absolute Gasteiger partial charge is 0.222 e. The SMILES string of the molecule is C[C@]1(c2ccccc2)CCC(=O)N(CCCc2ncc[nH]2)C1. The molecule has 1 aromatic carbocycles. The van der Waals surface area contributed by atoms with Gasteiger partial charge in [0.1, 0.15) is 5.82 Å². The summed E-state index contributed by atoms with van der Waals surface area (Å²) in [4.78, 5) is 21.6. The molecule has 0 unspecified atom stereocenters. The van der Waals surface area contributed by atoms with Crippen molar-refractivity contribution < 1.29 is 4.79 Å². The van der Waals surface area contributed by atoms with Gasteiger partial charge >= 0.3 is 0 Å². The number of amides is 1. The standard InChI is InChI=1S/C18H23N3O/c1-18(15-6-3-2-4-7-15)10-9-17(22)21(14-18)13-5-8-16-19-11-12-20-16/h2-4,6-7,11-12H,5,8-10,13-14H2,1H3,(H,19,20)/t18-/m0/s1. The molecular weight excluding hydrogens is 274 g/mol. The maximum absolute atomic E-state index is 12.2. The zero-order valence-corrected chi connectivity index (χ0v) is 13.1. The van der Waals surface area contributed by atoms with Gasteiger partial charge in [-0.15, -0.1) is 0 Å². The number of hydrogen-bond donors (Lipinski definition) is 1. The van der Waals surface area contributed by atoms with E-state index in [0.29, 0.717) is 6.42 Å². The number of carbonyl (C=O) groups is 1. The van der Waals surface area contributed by atoms with E-state index in [1.165, 1.54) is 5.56 Å². The number of aromatic nitrogens is 2. The number of H-pyrrole nitrogens is 1. The van der Waals surface area contributed by atoms with Crippen LogP contribution >= 0.6 is 0 Å². The van der Waals surface area contributed by atoms with E-state index in [2.05, 4.69) is 41.2 Å². The van der Waals surface area contributed by atoms with Crippen molar-refractivity contribution in [2.75, 3.05) is 13.1 Å². The fourth-order valence-corrected chi connectivity index (χ4v) is 3.28. The highest BCUT2D eigenvalue weighted by molar-refractivity contribution is 5.77. The Morgan fingerprint density at radius 1 is 1.32 bits per heavy atom. The molecule has 1 saturated heterocycles. The number of hydrogen-bond acceptors (Lipinski definition) is 2. The van der Waals surface area contributed by atoms with Gasteiger partial charge in [0.15, 0.2) is 0 Å². The third-order valence-corrected chi connectivity index (χ3v) is 4.65. The molecule has 1 atom stereocenters. The molecule has 4 heteroatoms. The van der Waals surface area contributed by atoms with Gasteiger partial charge in [0.25, 0.3) is 0 Å². The van der Waals surface area contributed by atoms with Gasteiger partial charge in [0.05, 0.1) is 0 Å². The highest BCUT2D eigenvalue weighted by atomic mass is 16.2. The van der Waals surface area contributed by atoms with E-state index in [-0.39, 0.29) is 11.3 Å². The summed E-state index contributed by atoms with van der Waals surface area (Å²) in [6.07, 6.45) is 7.03. The minimum atomic E-state index is 0.0693. The van der Waals surface area contributed by atoms with Gasteiger partial charge in [0.2, 0.25) is 5.91 Å². The summed E-state index contributed by atoms with van der Waals surface area (Å²) in [6.45, 7) is 3.89. The van der Waals surface area contributed by atoms with E-state index in [9.17, 15) is 4.79 Å². The Morgan fingerprint density at radius 2 is 2.14 bits per heavy atom. The molecule has 0 radical (unpaired) electrons. The van der Waals surface area contributed by atoms with Crippen molar-refractivity contribution in [3.05, 3.63) is 54.1 Å². The fourth-order valence-electron chi connectivity index (χ4n) is 3.28. The molecule has 4 nitrogen and oxygen atoms in total. The zero-order chi connectivity index (χ0) is 15.4. The molecule has 22 heavy (non-hydrogen) atoms. The second-order valence-electron chi connectivity index (χ2n) is 6.38. The first-order valence-electron chi connectivity index (χ1n) is 7.99. The van der Waals surface area contributed by atoms with Crippen molar-refractivity contribution in [2.24, 2.45) is 0 Å². The van der Waals surface area contributed by atoms with Crippen LogP contribution in [-0.2, 0) is 16.6 Å². The van der Waals surface area contributed by atoms with E-state index in [1.54, 1.807) is 6.20 Å². The molecule has 2 aromatic rings. The van der Waals surface area contributed by atoms with Gasteiger partial charge in [-0.2, -0.15) is 0 Å².